The number of benzene rings is 3. The number of carbonyl (C=O) groups is 2. The fraction of sp³-hybridized carbons (Fsp3) is 0.355. The summed E-state index contributed by atoms with van der Waals surface area (Å²) in [6.45, 7) is 4.68. The number of ether oxygens (including phenoxy) is 1. The van der Waals surface area contributed by atoms with E-state index in [9.17, 15) is 18.0 Å². The quantitative estimate of drug-likeness (QED) is 0.314. The van der Waals surface area contributed by atoms with Crippen molar-refractivity contribution >= 4 is 27.5 Å². The van der Waals surface area contributed by atoms with Gasteiger partial charge in [-0.05, 0) is 61.2 Å². The standard InChI is InChI=1S/C31H39N3O5S/c1-5-32-31(36)29(22-25-13-7-6-8-14-25)33(23-26-15-10-9-12-24(26)2)30(35)16-11-21-34(40(4,37)38)27-17-19-28(39-3)20-18-27/h6-10,12-15,17-20,29H,5,11,16,21-23H2,1-4H3,(H,32,36). The zero-order valence-corrected chi connectivity index (χ0v) is 24.5. The predicted molar refractivity (Wildman–Crippen MR) is 159 cm³/mol. The Hall–Kier alpha value is -3.85. The maximum Gasteiger partial charge on any atom is 0.243 e. The molecule has 1 atom stereocenters. The fourth-order valence-corrected chi connectivity index (χ4v) is 5.53. The molecule has 0 spiro atoms. The van der Waals surface area contributed by atoms with Gasteiger partial charge in [-0.15, -0.1) is 0 Å². The lowest BCUT2D eigenvalue weighted by atomic mass is 10.0. The van der Waals surface area contributed by atoms with Gasteiger partial charge in [0, 0.05) is 32.5 Å². The number of methoxy groups -OCH3 is 1. The molecule has 1 unspecified atom stereocenters. The predicted octanol–water partition coefficient (Wildman–Crippen LogP) is 4.33. The zero-order valence-electron chi connectivity index (χ0n) is 23.7. The lowest BCUT2D eigenvalue weighted by molar-refractivity contribution is -0.141. The van der Waals surface area contributed by atoms with E-state index in [-0.39, 0.29) is 37.7 Å². The Bertz CT molecular complexity index is 1360. The number of hydrogen-bond acceptors (Lipinski definition) is 5. The van der Waals surface area contributed by atoms with E-state index >= 15 is 0 Å². The van der Waals surface area contributed by atoms with Crippen LogP contribution in [0.15, 0.2) is 78.9 Å². The van der Waals surface area contributed by atoms with Crippen LogP contribution in [0.1, 0.15) is 36.5 Å². The normalized spacial score (nSPS) is 11.9. The third-order valence-corrected chi connectivity index (χ3v) is 7.93. The van der Waals surface area contributed by atoms with E-state index in [0.717, 1.165) is 22.9 Å². The smallest absolute Gasteiger partial charge is 0.243 e. The Balaban J connectivity index is 1.86. The Morgan fingerprint density at radius 1 is 0.950 bits per heavy atom. The second-order valence-electron chi connectivity index (χ2n) is 9.68. The minimum absolute atomic E-state index is 0.0821. The number of rotatable bonds is 14. The van der Waals surface area contributed by atoms with Crippen LogP contribution >= 0.6 is 0 Å². The Kier molecular flexibility index (Phi) is 11.1. The highest BCUT2D eigenvalue weighted by molar-refractivity contribution is 7.92. The fourth-order valence-electron chi connectivity index (χ4n) is 4.57. The summed E-state index contributed by atoms with van der Waals surface area (Å²) >= 11 is 0. The molecule has 0 saturated heterocycles. The van der Waals surface area contributed by atoms with E-state index in [1.165, 1.54) is 4.31 Å². The summed E-state index contributed by atoms with van der Waals surface area (Å²) < 4.78 is 31.7. The Labute approximate surface area is 238 Å². The van der Waals surface area contributed by atoms with Crippen LogP contribution in [-0.4, -0.2) is 57.6 Å². The van der Waals surface area contributed by atoms with Crippen LogP contribution < -0.4 is 14.4 Å². The average molecular weight is 566 g/mol. The van der Waals surface area contributed by atoms with Crippen molar-refractivity contribution in [3.63, 3.8) is 0 Å². The summed E-state index contributed by atoms with van der Waals surface area (Å²) in [5.74, 6) is 0.192. The molecule has 0 fully saturated rings. The molecule has 0 aromatic heterocycles. The lowest BCUT2D eigenvalue weighted by Gasteiger charge is -2.32. The van der Waals surface area contributed by atoms with Crippen LogP contribution in [0, 0.1) is 6.92 Å². The van der Waals surface area contributed by atoms with E-state index in [0.29, 0.717) is 24.4 Å². The topological polar surface area (TPSA) is 96.0 Å². The number of carbonyl (C=O) groups excluding carboxylic acids is 2. The largest absolute Gasteiger partial charge is 0.497 e. The van der Waals surface area contributed by atoms with Crippen molar-refractivity contribution in [2.75, 3.05) is 30.8 Å². The van der Waals surface area contributed by atoms with Gasteiger partial charge in [-0.3, -0.25) is 13.9 Å². The lowest BCUT2D eigenvalue weighted by Crippen LogP contribution is -2.50. The Morgan fingerprint density at radius 2 is 1.60 bits per heavy atom. The summed E-state index contributed by atoms with van der Waals surface area (Å²) in [4.78, 5) is 28.8. The highest BCUT2D eigenvalue weighted by atomic mass is 32.2. The van der Waals surface area contributed by atoms with E-state index in [2.05, 4.69) is 5.32 Å². The van der Waals surface area contributed by atoms with Gasteiger partial charge in [-0.2, -0.15) is 0 Å². The molecule has 214 valence electrons. The van der Waals surface area contributed by atoms with Crippen LogP contribution in [-0.2, 0) is 32.6 Å². The molecular weight excluding hydrogens is 526 g/mol. The minimum atomic E-state index is -3.58. The average Bonchev–Trinajstić information content (AvgIpc) is 2.94. The molecule has 3 aromatic carbocycles. The molecule has 0 aliphatic heterocycles. The number of nitrogens with one attached hydrogen (secondary N) is 1. The van der Waals surface area contributed by atoms with E-state index in [4.69, 9.17) is 4.74 Å². The van der Waals surface area contributed by atoms with Crippen molar-refractivity contribution in [3.8, 4) is 5.75 Å². The van der Waals surface area contributed by atoms with Crippen LogP contribution in [0.3, 0.4) is 0 Å². The van der Waals surface area contributed by atoms with Gasteiger partial charge in [-0.25, -0.2) is 8.42 Å². The number of anilines is 1. The molecular formula is C31H39N3O5S. The number of nitrogens with zero attached hydrogens (tertiary/aromatic N) is 2. The van der Waals surface area contributed by atoms with E-state index in [1.54, 1.807) is 36.3 Å². The van der Waals surface area contributed by atoms with Crippen molar-refractivity contribution < 1.29 is 22.7 Å². The number of hydrogen-bond donors (Lipinski definition) is 1. The van der Waals surface area contributed by atoms with Gasteiger partial charge in [0.05, 0.1) is 19.1 Å². The molecule has 2 amide bonds. The molecule has 0 heterocycles. The first kappa shape index (κ1) is 30.7. The molecule has 0 radical (unpaired) electrons. The number of aryl methyl sites for hydroxylation is 1. The van der Waals surface area contributed by atoms with E-state index < -0.39 is 16.1 Å². The number of amides is 2. The molecule has 8 nitrogen and oxygen atoms in total. The van der Waals surface area contributed by atoms with Gasteiger partial charge < -0.3 is 15.0 Å². The van der Waals surface area contributed by atoms with Crippen molar-refractivity contribution in [1.82, 2.24) is 10.2 Å². The first-order valence-corrected chi connectivity index (χ1v) is 15.3. The molecule has 0 aliphatic carbocycles. The first-order valence-electron chi connectivity index (χ1n) is 13.4. The van der Waals surface area contributed by atoms with Gasteiger partial charge in [0.2, 0.25) is 21.8 Å². The summed E-state index contributed by atoms with van der Waals surface area (Å²) in [5.41, 5.74) is 3.42. The second kappa shape index (κ2) is 14.5. The molecule has 3 aromatic rings. The maximum atomic E-state index is 13.8. The second-order valence-corrected chi connectivity index (χ2v) is 11.6. The number of sulfonamides is 1. The summed E-state index contributed by atoms with van der Waals surface area (Å²) in [6.07, 6.45) is 1.88. The molecule has 0 bridgehead atoms. The third-order valence-electron chi connectivity index (χ3n) is 6.74. The van der Waals surface area contributed by atoms with Crippen LogP contribution in [0.4, 0.5) is 5.69 Å². The van der Waals surface area contributed by atoms with Crippen LogP contribution in [0.25, 0.3) is 0 Å². The molecule has 3 rings (SSSR count). The summed E-state index contributed by atoms with van der Waals surface area (Å²) in [5, 5.41) is 2.90. The number of likely N-dealkylation sites (N-methyl/N-ethyl adjacent to an activating group) is 1. The van der Waals surface area contributed by atoms with Crippen LogP contribution in [0.2, 0.25) is 0 Å². The highest BCUT2D eigenvalue weighted by Gasteiger charge is 2.30. The van der Waals surface area contributed by atoms with Crippen molar-refractivity contribution in [2.45, 2.75) is 45.7 Å². The molecule has 9 heteroatoms. The minimum Gasteiger partial charge on any atom is -0.497 e. The van der Waals surface area contributed by atoms with Crippen molar-refractivity contribution in [1.29, 1.82) is 0 Å². The molecule has 0 saturated carbocycles. The first-order chi connectivity index (χ1) is 19.1. The third kappa shape index (κ3) is 8.58. The van der Waals surface area contributed by atoms with Crippen molar-refractivity contribution in [2.24, 2.45) is 0 Å². The highest BCUT2D eigenvalue weighted by Crippen LogP contribution is 2.23. The van der Waals surface area contributed by atoms with Gasteiger partial charge in [0.15, 0.2) is 0 Å². The molecule has 0 aliphatic rings. The summed E-state index contributed by atoms with van der Waals surface area (Å²) in [6, 6.07) is 23.5. The van der Waals surface area contributed by atoms with Crippen LogP contribution in [0.5, 0.6) is 5.75 Å². The Morgan fingerprint density at radius 3 is 2.20 bits per heavy atom. The molecule has 1 N–H and O–H groups in total. The SMILES string of the molecule is CCNC(=O)C(Cc1ccccc1)N(Cc1ccccc1C)C(=O)CCCN(c1ccc(OC)cc1)S(C)(=O)=O. The zero-order chi connectivity index (χ0) is 29.1. The van der Waals surface area contributed by atoms with Gasteiger partial charge in [0.1, 0.15) is 11.8 Å². The monoisotopic (exact) mass is 565 g/mol. The van der Waals surface area contributed by atoms with Gasteiger partial charge >= 0.3 is 0 Å². The summed E-state index contributed by atoms with van der Waals surface area (Å²) in [7, 11) is -2.04. The maximum absolute atomic E-state index is 13.8. The molecule has 40 heavy (non-hydrogen) atoms. The van der Waals surface area contributed by atoms with E-state index in [1.807, 2.05) is 68.4 Å². The van der Waals surface area contributed by atoms with Gasteiger partial charge in [-0.1, -0.05) is 54.6 Å². The van der Waals surface area contributed by atoms with Crippen molar-refractivity contribution in [3.05, 3.63) is 95.6 Å². The van der Waals surface area contributed by atoms with Gasteiger partial charge in [0.25, 0.3) is 0 Å².